The molecular weight excluding hydrogens is 290 g/mol. The van der Waals surface area contributed by atoms with E-state index in [4.69, 9.17) is 4.74 Å². The zero-order valence-electron chi connectivity index (χ0n) is 12.9. The molecule has 0 aliphatic heterocycles. The lowest BCUT2D eigenvalue weighted by atomic mass is 10.2. The van der Waals surface area contributed by atoms with E-state index in [1.807, 2.05) is 13.8 Å². The Labute approximate surface area is 126 Å². The van der Waals surface area contributed by atoms with Crippen molar-refractivity contribution in [3.05, 3.63) is 29.8 Å². The van der Waals surface area contributed by atoms with Gasteiger partial charge in [0.2, 0.25) is 5.91 Å². The van der Waals surface area contributed by atoms with Crippen molar-refractivity contribution in [2.24, 2.45) is 5.92 Å². The molecule has 0 radical (unpaired) electrons. The number of benzene rings is 1. The molecule has 1 aromatic rings. The maximum Gasteiger partial charge on any atom is 0.238 e. The summed E-state index contributed by atoms with van der Waals surface area (Å²) in [5.41, 5.74) is 0.609. The van der Waals surface area contributed by atoms with Crippen molar-refractivity contribution in [1.29, 1.82) is 0 Å². The minimum absolute atomic E-state index is 0.180. The molecule has 0 aliphatic rings. The Balaban J connectivity index is 2.77. The van der Waals surface area contributed by atoms with Crippen molar-refractivity contribution >= 4 is 15.7 Å². The number of sulfone groups is 1. The Bertz CT molecular complexity index is 581. The van der Waals surface area contributed by atoms with E-state index >= 15 is 0 Å². The fraction of sp³-hybridized carbons (Fsp3) is 0.533. The Kier molecular flexibility index (Phi) is 6.20. The molecule has 0 saturated carbocycles. The van der Waals surface area contributed by atoms with Gasteiger partial charge in [0, 0.05) is 6.54 Å². The molecule has 0 fully saturated rings. The molecule has 0 spiro atoms. The van der Waals surface area contributed by atoms with Crippen molar-refractivity contribution in [2.75, 3.05) is 13.7 Å². The van der Waals surface area contributed by atoms with Crippen molar-refractivity contribution < 1.29 is 17.9 Å². The highest BCUT2D eigenvalue weighted by molar-refractivity contribution is 7.92. The van der Waals surface area contributed by atoms with Crippen LogP contribution >= 0.6 is 0 Å². The smallest absolute Gasteiger partial charge is 0.238 e. The number of hydrogen-bond donors (Lipinski definition) is 1. The van der Waals surface area contributed by atoms with Crippen LogP contribution in [0.15, 0.2) is 24.3 Å². The monoisotopic (exact) mass is 313 g/mol. The first kappa shape index (κ1) is 17.5. The number of carbonyl (C=O) groups excluding carboxylic acids is 1. The first-order valence-electron chi connectivity index (χ1n) is 6.88. The van der Waals surface area contributed by atoms with Crippen LogP contribution in [-0.4, -0.2) is 33.2 Å². The first-order chi connectivity index (χ1) is 9.76. The van der Waals surface area contributed by atoms with E-state index in [1.165, 1.54) is 14.0 Å². The molecule has 0 heterocycles. The Morgan fingerprint density at radius 3 is 2.52 bits per heavy atom. The van der Waals surface area contributed by atoms with E-state index in [9.17, 15) is 13.2 Å². The van der Waals surface area contributed by atoms with E-state index in [2.05, 4.69) is 5.32 Å². The highest BCUT2D eigenvalue weighted by atomic mass is 32.2. The van der Waals surface area contributed by atoms with Crippen LogP contribution < -0.4 is 10.1 Å². The summed E-state index contributed by atoms with van der Waals surface area (Å²) in [5.74, 6) is 0.244. The van der Waals surface area contributed by atoms with Gasteiger partial charge in [-0.05, 0) is 30.5 Å². The molecule has 0 aliphatic carbocycles. The number of methoxy groups -OCH3 is 1. The molecule has 0 bridgehead atoms. The van der Waals surface area contributed by atoms with Crippen LogP contribution in [-0.2, 0) is 20.4 Å². The summed E-state index contributed by atoms with van der Waals surface area (Å²) >= 11 is 0. The topological polar surface area (TPSA) is 72.5 Å². The molecule has 1 atom stereocenters. The van der Waals surface area contributed by atoms with Crippen molar-refractivity contribution in [1.82, 2.24) is 5.32 Å². The van der Waals surface area contributed by atoms with Crippen LogP contribution in [0, 0.1) is 5.92 Å². The van der Waals surface area contributed by atoms with E-state index in [0.717, 1.165) is 0 Å². The highest BCUT2D eigenvalue weighted by Crippen LogP contribution is 2.17. The molecule has 1 unspecified atom stereocenters. The number of amides is 1. The Morgan fingerprint density at radius 2 is 1.95 bits per heavy atom. The second-order valence-corrected chi connectivity index (χ2v) is 7.76. The molecule has 1 amide bonds. The van der Waals surface area contributed by atoms with Crippen molar-refractivity contribution in [3.8, 4) is 5.75 Å². The van der Waals surface area contributed by atoms with Gasteiger partial charge < -0.3 is 10.1 Å². The minimum Gasteiger partial charge on any atom is -0.497 e. The maximum atomic E-state index is 12.3. The van der Waals surface area contributed by atoms with Gasteiger partial charge in [0.15, 0.2) is 9.84 Å². The summed E-state index contributed by atoms with van der Waals surface area (Å²) in [5, 5.41) is 1.59. The van der Waals surface area contributed by atoms with Gasteiger partial charge in [-0.25, -0.2) is 8.42 Å². The fourth-order valence-electron chi connectivity index (χ4n) is 1.73. The summed E-state index contributed by atoms with van der Waals surface area (Å²) in [6.45, 7) is 5.80. The van der Waals surface area contributed by atoms with Crippen LogP contribution in [0.3, 0.4) is 0 Å². The van der Waals surface area contributed by atoms with Gasteiger partial charge >= 0.3 is 0 Å². The van der Waals surface area contributed by atoms with Crippen molar-refractivity contribution in [3.63, 3.8) is 0 Å². The number of carbonyl (C=O) groups is 1. The van der Waals surface area contributed by atoms with Gasteiger partial charge in [-0.15, -0.1) is 0 Å². The predicted molar refractivity (Wildman–Crippen MR) is 82.9 cm³/mol. The third kappa shape index (κ3) is 5.38. The average molecular weight is 313 g/mol. The Morgan fingerprint density at radius 1 is 1.29 bits per heavy atom. The van der Waals surface area contributed by atoms with Crippen LogP contribution in [0.1, 0.15) is 26.3 Å². The van der Waals surface area contributed by atoms with E-state index < -0.39 is 21.0 Å². The van der Waals surface area contributed by atoms with Gasteiger partial charge in [-0.2, -0.15) is 0 Å². The molecule has 5 nitrogen and oxygen atoms in total. The van der Waals surface area contributed by atoms with Crippen LogP contribution in [0.2, 0.25) is 0 Å². The molecule has 0 aromatic heterocycles. The van der Waals surface area contributed by atoms with Gasteiger partial charge in [0.1, 0.15) is 11.0 Å². The molecule has 0 saturated heterocycles. The van der Waals surface area contributed by atoms with Gasteiger partial charge in [-0.3, -0.25) is 4.79 Å². The first-order valence-corrected chi connectivity index (χ1v) is 8.60. The van der Waals surface area contributed by atoms with Gasteiger partial charge in [0.25, 0.3) is 0 Å². The maximum absolute atomic E-state index is 12.3. The average Bonchev–Trinajstić information content (AvgIpc) is 2.43. The molecule has 1 N–H and O–H groups in total. The van der Waals surface area contributed by atoms with E-state index in [1.54, 1.807) is 24.3 Å². The zero-order valence-corrected chi connectivity index (χ0v) is 13.7. The molecule has 118 valence electrons. The highest BCUT2D eigenvalue weighted by Gasteiger charge is 2.28. The molecule has 6 heteroatoms. The molecular formula is C15H23NO4S. The van der Waals surface area contributed by atoms with Crippen LogP contribution in [0.4, 0.5) is 0 Å². The lowest BCUT2D eigenvalue weighted by molar-refractivity contribution is -0.120. The standard InChI is InChI=1S/C15H23NO4S/c1-11(2)9-16-15(17)12(3)21(18,19)10-13-6-5-7-14(8-13)20-4/h5-8,11-12H,9-10H2,1-4H3,(H,16,17). The van der Waals surface area contributed by atoms with Gasteiger partial charge in [0.05, 0.1) is 12.9 Å². The van der Waals surface area contributed by atoms with Crippen LogP contribution in [0.25, 0.3) is 0 Å². The zero-order chi connectivity index (χ0) is 16.0. The summed E-state index contributed by atoms with van der Waals surface area (Å²) < 4.78 is 29.6. The Hall–Kier alpha value is -1.56. The number of rotatable bonds is 7. The summed E-state index contributed by atoms with van der Waals surface area (Å²) in [7, 11) is -2.03. The third-order valence-corrected chi connectivity index (χ3v) is 5.12. The van der Waals surface area contributed by atoms with Crippen molar-refractivity contribution in [2.45, 2.75) is 31.8 Å². The quantitative estimate of drug-likeness (QED) is 0.832. The SMILES string of the molecule is COc1cccc(CS(=O)(=O)C(C)C(=O)NCC(C)C)c1. The largest absolute Gasteiger partial charge is 0.497 e. The fourth-order valence-corrected chi connectivity index (χ4v) is 3.03. The minimum atomic E-state index is -3.55. The predicted octanol–water partition coefficient (Wildman–Crippen LogP) is 1.77. The summed E-state index contributed by atoms with van der Waals surface area (Å²) in [6.07, 6.45) is 0. The second kappa shape index (κ2) is 7.45. The van der Waals surface area contributed by atoms with E-state index in [-0.39, 0.29) is 11.7 Å². The lowest BCUT2D eigenvalue weighted by Gasteiger charge is -2.14. The van der Waals surface area contributed by atoms with E-state index in [0.29, 0.717) is 17.9 Å². The number of ether oxygens (including phenoxy) is 1. The molecule has 21 heavy (non-hydrogen) atoms. The summed E-state index contributed by atoms with van der Waals surface area (Å²) in [4.78, 5) is 11.9. The molecule has 1 rings (SSSR count). The number of nitrogens with one attached hydrogen (secondary N) is 1. The van der Waals surface area contributed by atoms with Crippen LogP contribution in [0.5, 0.6) is 5.75 Å². The normalized spacial score (nSPS) is 13.0. The third-order valence-electron chi connectivity index (χ3n) is 3.09. The molecule has 1 aromatic carbocycles. The lowest BCUT2D eigenvalue weighted by Crippen LogP contribution is -2.39. The number of hydrogen-bond acceptors (Lipinski definition) is 4. The van der Waals surface area contributed by atoms with Gasteiger partial charge in [-0.1, -0.05) is 26.0 Å². The second-order valence-electron chi connectivity index (χ2n) is 5.44. The summed E-state index contributed by atoms with van der Waals surface area (Å²) in [6, 6.07) is 6.84.